The van der Waals surface area contributed by atoms with Crippen molar-refractivity contribution in [3.63, 3.8) is 0 Å². The third-order valence-corrected chi connectivity index (χ3v) is 1.89. The number of hydrogen-bond donors (Lipinski definition) is 1. The van der Waals surface area contributed by atoms with Gasteiger partial charge in [-0.3, -0.25) is 4.79 Å². The van der Waals surface area contributed by atoms with E-state index in [9.17, 15) is 4.79 Å². The van der Waals surface area contributed by atoms with Crippen LogP contribution in [0.4, 0.5) is 0 Å². The van der Waals surface area contributed by atoms with Gasteiger partial charge in [-0.1, -0.05) is 26.0 Å². The number of nitrogens with one attached hydrogen (secondary N) is 1. The molecule has 1 unspecified atom stereocenters. The van der Waals surface area contributed by atoms with Crippen LogP contribution in [0.3, 0.4) is 0 Å². The highest BCUT2D eigenvalue weighted by atomic mass is 16.1. The lowest BCUT2D eigenvalue weighted by Gasteiger charge is -2.07. The number of carbonyl (C=O) groups is 1. The minimum absolute atomic E-state index is 0.127. The Bertz CT molecular complexity index is 152. The van der Waals surface area contributed by atoms with Crippen LogP contribution in [0.15, 0.2) is 12.2 Å². The zero-order valence-electron chi connectivity index (χ0n) is 8.26. The van der Waals surface area contributed by atoms with E-state index < -0.39 is 0 Å². The molecule has 2 heteroatoms. The van der Waals surface area contributed by atoms with Crippen LogP contribution in [-0.4, -0.2) is 13.0 Å². The monoisotopic (exact) mass is 169 g/mol. The van der Waals surface area contributed by atoms with Gasteiger partial charge in [-0.2, -0.15) is 0 Å². The number of rotatable bonds is 5. The highest BCUT2D eigenvalue weighted by Gasteiger charge is 2.06. The van der Waals surface area contributed by atoms with Gasteiger partial charge in [0.25, 0.3) is 0 Å². The molecule has 1 atom stereocenters. The summed E-state index contributed by atoms with van der Waals surface area (Å²) in [6.45, 7) is 4.21. The van der Waals surface area contributed by atoms with E-state index in [4.69, 9.17) is 0 Å². The molecule has 0 aromatic heterocycles. The fourth-order valence-electron chi connectivity index (χ4n) is 1.02. The van der Waals surface area contributed by atoms with E-state index >= 15 is 0 Å². The van der Waals surface area contributed by atoms with Gasteiger partial charge >= 0.3 is 0 Å². The van der Waals surface area contributed by atoms with Crippen LogP contribution in [0.25, 0.3) is 0 Å². The van der Waals surface area contributed by atoms with Crippen LogP contribution in [0, 0.1) is 5.92 Å². The zero-order valence-corrected chi connectivity index (χ0v) is 8.26. The predicted octanol–water partition coefficient (Wildman–Crippen LogP) is 2.11. The molecule has 12 heavy (non-hydrogen) atoms. The molecule has 2 nitrogen and oxygen atoms in total. The molecular formula is C10H19NO. The highest BCUT2D eigenvalue weighted by molar-refractivity contribution is 5.75. The summed E-state index contributed by atoms with van der Waals surface area (Å²) in [6.07, 6.45) is 6.95. The Hall–Kier alpha value is -0.790. The van der Waals surface area contributed by atoms with Crippen molar-refractivity contribution in [1.82, 2.24) is 5.32 Å². The van der Waals surface area contributed by atoms with Crippen molar-refractivity contribution in [3.8, 4) is 0 Å². The first-order chi connectivity index (χ1) is 5.74. The summed E-state index contributed by atoms with van der Waals surface area (Å²) >= 11 is 0. The minimum atomic E-state index is 0.127. The summed E-state index contributed by atoms with van der Waals surface area (Å²) in [7, 11) is 1.68. The first kappa shape index (κ1) is 11.2. The van der Waals surface area contributed by atoms with E-state index in [1.54, 1.807) is 7.05 Å². The second-order valence-electron chi connectivity index (χ2n) is 2.88. The third kappa shape index (κ3) is 4.94. The van der Waals surface area contributed by atoms with E-state index in [-0.39, 0.29) is 5.91 Å². The average Bonchev–Trinajstić information content (AvgIpc) is 2.11. The van der Waals surface area contributed by atoms with Gasteiger partial charge in [0.1, 0.15) is 0 Å². The van der Waals surface area contributed by atoms with Gasteiger partial charge in [0, 0.05) is 13.5 Å². The van der Waals surface area contributed by atoms with Crippen molar-refractivity contribution < 1.29 is 4.79 Å². The lowest BCUT2D eigenvalue weighted by molar-refractivity contribution is -0.121. The lowest BCUT2D eigenvalue weighted by Crippen LogP contribution is -2.20. The van der Waals surface area contributed by atoms with E-state index in [0.29, 0.717) is 12.3 Å². The molecule has 0 spiro atoms. The minimum Gasteiger partial charge on any atom is -0.359 e. The standard InChI is InChI=1S/C10H19NO/c1-4-6-7-9(5-2)8-10(12)11-3/h6-7,9H,4-5,8H2,1-3H3,(H,11,12). The molecule has 70 valence electrons. The molecule has 0 saturated heterocycles. The van der Waals surface area contributed by atoms with Gasteiger partial charge in [-0.05, 0) is 18.8 Å². The second kappa shape index (κ2) is 6.89. The van der Waals surface area contributed by atoms with Gasteiger partial charge in [0.2, 0.25) is 5.91 Å². The topological polar surface area (TPSA) is 29.1 Å². The summed E-state index contributed by atoms with van der Waals surface area (Å²) in [4.78, 5) is 11.0. The molecule has 1 amide bonds. The predicted molar refractivity (Wildman–Crippen MR) is 51.9 cm³/mol. The Kier molecular flexibility index (Phi) is 6.44. The first-order valence-electron chi connectivity index (χ1n) is 4.61. The van der Waals surface area contributed by atoms with Crippen LogP contribution in [0.5, 0.6) is 0 Å². The van der Waals surface area contributed by atoms with Gasteiger partial charge < -0.3 is 5.32 Å². The number of carbonyl (C=O) groups excluding carboxylic acids is 1. The molecule has 1 N–H and O–H groups in total. The Balaban J connectivity index is 3.82. The van der Waals surface area contributed by atoms with Gasteiger partial charge in [0.05, 0.1) is 0 Å². The van der Waals surface area contributed by atoms with Crippen molar-refractivity contribution in [2.45, 2.75) is 33.1 Å². The van der Waals surface area contributed by atoms with E-state index in [2.05, 4.69) is 31.3 Å². The summed E-state index contributed by atoms with van der Waals surface area (Å²) in [5.74, 6) is 0.535. The van der Waals surface area contributed by atoms with Gasteiger partial charge in [-0.25, -0.2) is 0 Å². The second-order valence-corrected chi connectivity index (χ2v) is 2.88. The first-order valence-corrected chi connectivity index (χ1v) is 4.61. The molecule has 0 aliphatic carbocycles. The van der Waals surface area contributed by atoms with E-state index in [1.165, 1.54) is 0 Å². The molecule has 0 radical (unpaired) electrons. The Labute approximate surface area is 75.0 Å². The number of amides is 1. The molecule has 0 heterocycles. The molecule has 0 aromatic carbocycles. The van der Waals surface area contributed by atoms with Crippen molar-refractivity contribution in [2.75, 3.05) is 7.05 Å². The molecule has 0 aromatic rings. The maximum absolute atomic E-state index is 11.0. The Morgan fingerprint density at radius 3 is 2.58 bits per heavy atom. The van der Waals surface area contributed by atoms with Crippen LogP contribution >= 0.6 is 0 Å². The molecule has 0 fully saturated rings. The van der Waals surface area contributed by atoms with E-state index in [1.807, 2.05) is 0 Å². The smallest absolute Gasteiger partial charge is 0.220 e. The van der Waals surface area contributed by atoms with Crippen LogP contribution in [0.2, 0.25) is 0 Å². The highest BCUT2D eigenvalue weighted by Crippen LogP contribution is 2.09. The van der Waals surface area contributed by atoms with Gasteiger partial charge in [-0.15, -0.1) is 0 Å². The SMILES string of the molecule is CCC=CC(CC)CC(=O)NC. The summed E-state index contributed by atoms with van der Waals surface area (Å²) in [5.41, 5.74) is 0. The Morgan fingerprint density at radius 2 is 2.17 bits per heavy atom. The maximum Gasteiger partial charge on any atom is 0.220 e. The summed E-state index contributed by atoms with van der Waals surface area (Å²) in [5, 5.41) is 2.63. The van der Waals surface area contributed by atoms with Crippen molar-refractivity contribution >= 4 is 5.91 Å². The quantitative estimate of drug-likeness (QED) is 0.627. The molecule has 0 aliphatic rings. The zero-order chi connectivity index (χ0) is 9.40. The average molecular weight is 169 g/mol. The molecule has 0 saturated carbocycles. The third-order valence-electron chi connectivity index (χ3n) is 1.89. The maximum atomic E-state index is 11.0. The van der Waals surface area contributed by atoms with E-state index in [0.717, 1.165) is 12.8 Å². The van der Waals surface area contributed by atoms with Crippen molar-refractivity contribution in [1.29, 1.82) is 0 Å². The number of hydrogen-bond acceptors (Lipinski definition) is 1. The fourth-order valence-corrected chi connectivity index (χ4v) is 1.02. The molecule has 0 bridgehead atoms. The molecular weight excluding hydrogens is 150 g/mol. The summed E-state index contributed by atoms with van der Waals surface area (Å²) in [6, 6.07) is 0. The fraction of sp³-hybridized carbons (Fsp3) is 0.700. The lowest BCUT2D eigenvalue weighted by atomic mass is 10.0. The van der Waals surface area contributed by atoms with Crippen molar-refractivity contribution in [2.24, 2.45) is 5.92 Å². The molecule has 0 rings (SSSR count). The Morgan fingerprint density at radius 1 is 1.50 bits per heavy atom. The molecule has 0 aliphatic heterocycles. The van der Waals surface area contributed by atoms with Gasteiger partial charge in [0.15, 0.2) is 0 Å². The number of allylic oxidation sites excluding steroid dienone is 2. The normalized spacial score (nSPS) is 13.2. The summed E-state index contributed by atoms with van der Waals surface area (Å²) < 4.78 is 0. The van der Waals surface area contributed by atoms with Crippen LogP contribution < -0.4 is 5.32 Å². The largest absolute Gasteiger partial charge is 0.359 e. The van der Waals surface area contributed by atoms with Crippen LogP contribution in [0.1, 0.15) is 33.1 Å². The van der Waals surface area contributed by atoms with Crippen molar-refractivity contribution in [3.05, 3.63) is 12.2 Å². The van der Waals surface area contributed by atoms with Crippen LogP contribution in [-0.2, 0) is 4.79 Å².